The van der Waals surface area contributed by atoms with Crippen molar-refractivity contribution in [1.29, 1.82) is 0 Å². The molecule has 6 rings (SSSR count). The van der Waals surface area contributed by atoms with Gasteiger partial charge in [-0.1, -0.05) is 127 Å². The Morgan fingerprint density at radius 2 is 1.14 bits per heavy atom. The molecule has 36 heavy (non-hydrogen) atoms. The highest BCUT2D eigenvalue weighted by Crippen LogP contribution is 2.48. The molecule has 0 saturated heterocycles. The topological polar surface area (TPSA) is 37.3 Å². The highest BCUT2D eigenvalue weighted by Gasteiger charge is 2.35. The summed E-state index contributed by atoms with van der Waals surface area (Å²) in [6, 6.07) is 44.3. The van der Waals surface area contributed by atoms with Crippen LogP contribution in [0.15, 0.2) is 133 Å². The second kappa shape index (κ2) is 9.24. The van der Waals surface area contributed by atoms with Gasteiger partial charge in [-0.05, 0) is 38.7 Å². The van der Waals surface area contributed by atoms with Crippen LogP contribution in [0.2, 0.25) is 0 Å². The molecule has 6 aromatic rings. The van der Waals surface area contributed by atoms with Crippen LogP contribution in [0.25, 0.3) is 32.7 Å². The van der Waals surface area contributed by atoms with E-state index in [1.54, 1.807) is 0 Å². The van der Waals surface area contributed by atoms with Crippen molar-refractivity contribution < 1.29 is 9.67 Å². The van der Waals surface area contributed by atoms with Gasteiger partial charge in [0.2, 0.25) is 0 Å². The minimum absolute atomic E-state index is 0.176. The molecule has 3 heteroatoms. The third-order valence-electron chi connectivity index (χ3n) is 6.93. The third-order valence-corrected chi connectivity index (χ3v) is 10.1. The molecule has 0 aliphatic rings. The van der Waals surface area contributed by atoms with E-state index >= 15 is 4.57 Å². The van der Waals surface area contributed by atoms with Crippen molar-refractivity contribution in [3.05, 3.63) is 139 Å². The van der Waals surface area contributed by atoms with Gasteiger partial charge < -0.3 is 9.67 Å². The molecule has 0 saturated carbocycles. The van der Waals surface area contributed by atoms with Crippen LogP contribution in [0.1, 0.15) is 5.56 Å². The van der Waals surface area contributed by atoms with Crippen LogP contribution in [-0.4, -0.2) is 5.11 Å². The summed E-state index contributed by atoms with van der Waals surface area (Å²) in [5.41, 5.74) is 2.71. The SMILES string of the molecule is O=P(c1ccccc1)(c1ccccc1CO)c1ccc2ccccc2c1-c1cccc2ccccc12. The lowest BCUT2D eigenvalue weighted by molar-refractivity contribution is 0.283. The van der Waals surface area contributed by atoms with E-state index in [4.69, 9.17) is 0 Å². The first-order valence-electron chi connectivity index (χ1n) is 12.1. The molecule has 0 aliphatic carbocycles. The number of rotatable bonds is 5. The van der Waals surface area contributed by atoms with Crippen LogP contribution < -0.4 is 15.9 Å². The summed E-state index contributed by atoms with van der Waals surface area (Å²) in [5, 5.41) is 16.9. The second-order valence-electron chi connectivity index (χ2n) is 8.94. The van der Waals surface area contributed by atoms with E-state index in [0.29, 0.717) is 10.9 Å². The molecule has 6 aromatic carbocycles. The number of benzene rings is 6. The van der Waals surface area contributed by atoms with E-state index in [2.05, 4.69) is 54.6 Å². The maximum absolute atomic E-state index is 15.7. The molecule has 0 bridgehead atoms. The summed E-state index contributed by atoms with van der Waals surface area (Å²) in [6.45, 7) is -0.176. The molecule has 2 nitrogen and oxygen atoms in total. The van der Waals surface area contributed by atoms with Crippen LogP contribution >= 0.6 is 7.14 Å². The molecule has 0 amide bonds. The summed E-state index contributed by atoms with van der Waals surface area (Å²) in [7, 11) is -3.38. The van der Waals surface area contributed by atoms with Gasteiger partial charge in [0.15, 0.2) is 7.14 Å². The van der Waals surface area contributed by atoms with E-state index < -0.39 is 7.14 Å². The molecule has 0 spiro atoms. The monoisotopic (exact) mass is 484 g/mol. The van der Waals surface area contributed by atoms with Crippen molar-refractivity contribution in [2.24, 2.45) is 0 Å². The van der Waals surface area contributed by atoms with Crippen molar-refractivity contribution in [1.82, 2.24) is 0 Å². The van der Waals surface area contributed by atoms with E-state index in [0.717, 1.165) is 43.3 Å². The Morgan fingerprint density at radius 3 is 1.92 bits per heavy atom. The summed E-state index contributed by atoms with van der Waals surface area (Å²) in [5.74, 6) is 0. The lowest BCUT2D eigenvalue weighted by atomic mass is 9.94. The zero-order chi connectivity index (χ0) is 24.5. The van der Waals surface area contributed by atoms with Crippen LogP contribution in [0.4, 0.5) is 0 Å². The fourth-order valence-electron chi connectivity index (χ4n) is 5.25. The predicted molar refractivity (Wildman–Crippen MR) is 152 cm³/mol. The van der Waals surface area contributed by atoms with Gasteiger partial charge in [-0.25, -0.2) is 0 Å². The van der Waals surface area contributed by atoms with E-state index in [1.807, 2.05) is 78.9 Å². The number of hydrogen-bond acceptors (Lipinski definition) is 2. The minimum atomic E-state index is -3.38. The van der Waals surface area contributed by atoms with Gasteiger partial charge in [0.25, 0.3) is 0 Å². The Hall–Kier alpha value is -3.97. The maximum Gasteiger partial charge on any atom is 0.172 e. The zero-order valence-corrected chi connectivity index (χ0v) is 20.6. The van der Waals surface area contributed by atoms with Crippen LogP contribution in [0.3, 0.4) is 0 Å². The Kier molecular flexibility index (Phi) is 5.77. The molecular weight excluding hydrogens is 459 g/mol. The quantitative estimate of drug-likeness (QED) is 0.274. The first kappa shape index (κ1) is 22.5. The van der Waals surface area contributed by atoms with E-state index in [1.165, 1.54) is 0 Å². The number of aliphatic hydroxyl groups excluding tert-OH is 1. The minimum Gasteiger partial charge on any atom is -0.392 e. The smallest absolute Gasteiger partial charge is 0.172 e. The van der Waals surface area contributed by atoms with E-state index in [-0.39, 0.29) is 6.61 Å². The lowest BCUT2D eigenvalue weighted by Crippen LogP contribution is -2.28. The molecular formula is C33H25O2P. The molecule has 1 atom stereocenters. The van der Waals surface area contributed by atoms with Crippen LogP contribution in [0.5, 0.6) is 0 Å². The van der Waals surface area contributed by atoms with Crippen LogP contribution in [0, 0.1) is 0 Å². The average Bonchev–Trinajstić information content (AvgIpc) is 2.96. The lowest BCUT2D eigenvalue weighted by Gasteiger charge is -2.26. The Morgan fingerprint density at radius 1 is 0.528 bits per heavy atom. The number of aliphatic hydroxyl groups is 1. The standard InChI is InChI=1S/C33H25O2P/c34-23-26-13-6-9-20-31(26)36(35,27-15-2-1-3-16-27)32-22-21-25-12-5-8-18-29(25)33(32)30-19-10-14-24-11-4-7-17-28(24)30/h1-22,34H,23H2. The largest absolute Gasteiger partial charge is 0.392 e. The molecule has 0 aliphatic heterocycles. The van der Waals surface area contributed by atoms with Crippen molar-refractivity contribution >= 4 is 44.6 Å². The highest BCUT2D eigenvalue weighted by molar-refractivity contribution is 7.85. The third kappa shape index (κ3) is 3.58. The van der Waals surface area contributed by atoms with Gasteiger partial charge in [-0.3, -0.25) is 0 Å². The molecule has 174 valence electrons. The molecule has 1 unspecified atom stereocenters. The number of fused-ring (bicyclic) bond motifs is 2. The average molecular weight is 485 g/mol. The van der Waals surface area contributed by atoms with Crippen molar-refractivity contribution in [2.75, 3.05) is 0 Å². The molecule has 1 N–H and O–H groups in total. The summed E-state index contributed by atoms with van der Waals surface area (Å²) in [4.78, 5) is 0. The predicted octanol–water partition coefficient (Wildman–Crippen LogP) is 6.79. The molecule has 0 heterocycles. The Bertz CT molecular complexity index is 1750. The summed E-state index contributed by atoms with van der Waals surface area (Å²) >= 11 is 0. The van der Waals surface area contributed by atoms with Gasteiger partial charge in [0.1, 0.15) is 0 Å². The van der Waals surface area contributed by atoms with Gasteiger partial charge in [0, 0.05) is 21.5 Å². The number of hydrogen-bond donors (Lipinski definition) is 1. The summed E-state index contributed by atoms with van der Waals surface area (Å²) < 4.78 is 15.7. The van der Waals surface area contributed by atoms with Gasteiger partial charge >= 0.3 is 0 Å². The van der Waals surface area contributed by atoms with Crippen molar-refractivity contribution in [2.45, 2.75) is 6.61 Å². The van der Waals surface area contributed by atoms with E-state index in [9.17, 15) is 5.11 Å². The fourth-order valence-corrected chi connectivity index (χ4v) is 8.34. The first-order chi connectivity index (χ1) is 17.7. The van der Waals surface area contributed by atoms with Crippen LogP contribution in [-0.2, 0) is 11.2 Å². The Balaban J connectivity index is 1.80. The molecule has 0 radical (unpaired) electrons. The first-order valence-corrected chi connectivity index (χ1v) is 13.8. The van der Waals surface area contributed by atoms with Gasteiger partial charge in [-0.15, -0.1) is 0 Å². The van der Waals surface area contributed by atoms with Gasteiger partial charge in [0.05, 0.1) is 6.61 Å². The highest BCUT2D eigenvalue weighted by atomic mass is 31.2. The van der Waals surface area contributed by atoms with Crippen molar-refractivity contribution in [3.63, 3.8) is 0 Å². The second-order valence-corrected chi connectivity index (χ2v) is 11.6. The summed E-state index contributed by atoms with van der Waals surface area (Å²) in [6.07, 6.45) is 0. The fraction of sp³-hybridized carbons (Fsp3) is 0.0303. The zero-order valence-electron chi connectivity index (χ0n) is 19.7. The normalized spacial score (nSPS) is 13.0. The molecule has 0 fully saturated rings. The van der Waals surface area contributed by atoms with Gasteiger partial charge in [-0.2, -0.15) is 0 Å². The maximum atomic E-state index is 15.7. The Labute approximate surface area is 210 Å². The van der Waals surface area contributed by atoms with Crippen molar-refractivity contribution in [3.8, 4) is 11.1 Å². The molecule has 0 aromatic heterocycles.